The summed E-state index contributed by atoms with van der Waals surface area (Å²) >= 11 is 0. The van der Waals surface area contributed by atoms with E-state index in [4.69, 9.17) is 5.11 Å². The van der Waals surface area contributed by atoms with Gasteiger partial charge in [0.1, 0.15) is 0 Å². The molecule has 4 nitrogen and oxygen atoms in total. The van der Waals surface area contributed by atoms with Gasteiger partial charge >= 0.3 is 5.97 Å². The van der Waals surface area contributed by atoms with Crippen molar-refractivity contribution in [3.63, 3.8) is 0 Å². The van der Waals surface area contributed by atoms with E-state index in [1.165, 1.54) is 6.42 Å². The van der Waals surface area contributed by atoms with Gasteiger partial charge in [0.25, 0.3) is 0 Å². The molecular weight excluding hydrogens is 192 g/mol. The number of nitrogens with zero attached hydrogens (tertiary/aromatic N) is 1. The Balaban J connectivity index is 2.14. The van der Waals surface area contributed by atoms with Crippen LogP contribution in [-0.2, 0) is 0 Å². The molecule has 1 atom stereocenters. The molecule has 15 heavy (non-hydrogen) atoms. The van der Waals surface area contributed by atoms with Crippen LogP contribution in [0.25, 0.3) is 0 Å². The van der Waals surface area contributed by atoms with Gasteiger partial charge in [-0.1, -0.05) is 13.8 Å². The van der Waals surface area contributed by atoms with Crippen molar-refractivity contribution in [2.75, 3.05) is 0 Å². The number of hydrogen-bond donors (Lipinski definition) is 2. The van der Waals surface area contributed by atoms with Crippen LogP contribution in [0.1, 0.15) is 55.2 Å². The van der Waals surface area contributed by atoms with Gasteiger partial charge in [-0.3, -0.25) is 5.10 Å². The number of carboxylic acids is 1. The highest BCUT2D eigenvalue weighted by Crippen LogP contribution is 2.45. The molecule has 1 aromatic rings. The second-order valence-electron chi connectivity index (χ2n) is 5.12. The molecule has 1 aliphatic rings. The van der Waals surface area contributed by atoms with Crippen LogP contribution in [0.3, 0.4) is 0 Å². The minimum atomic E-state index is -0.963. The molecule has 1 heterocycles. The van der Waals surface area contributed by atoms with Gasteiger partial charge in [0, 0.05) is 11.6 Å². The Morgan fingerprint density at radius 2 is 2.40 bits per heavy atom. The third-order valence-electron chi connectivity index (χ3n) is 3.23. The minimum absolute atomic E-state index is 0.120. The lowest BCUT2D eigenvalue weighted by Gasteiger charge is -2.16. The summed E-state index contributed by atoms with van der Waals surface area (Å²) < 4.78 is 0. The Hall–Kier alpha value is -1.32. The molecule has 1 aromatic heterocycles. The van der Waals surface area contributed by atoms with E-state index in [0.29, 0.717) is 11.3 Å². The highest BCUT2D eigenvalue weighted by Gasteiger charge is 2.32. The Morgan fingerprint density at radius 3 is 2.87 bits per heavy atom. The van der Waals surface area contributed by atoms with Crippen molar-refractivity contribution in [2.45, 2.75) is 39.0 Å². The molecule has 82 valence electrons. The molecule has 0 saturated heterocycles. The Bertz CT molecular complexity index is 382. The van der Waals surface area contributed by atoms with E-state index in [9.17, 15) is 4.79 Å². The van der Waals surface area contributed by atoms with Crippen molar-refractivity contribution >= 4 is 5.97 Å². The number of hydrogen-bond acceptors (Lipinski definition) is 2. The molecule has 2 rings (SSSR count). The number of carbonyl (C=O) groups is 1. The van der Waals surface area contributed by atoms with Crippen LogP contribution >= 0.6 is 0 Å². The maximum atomic E-state index is 10.7. The van der Waals surface area contributed by atoms with Gasteiger partial charge in [-0.25, -0.2) is 4.79 Å². The standard InChI is InChI=1S/C11H16N2O2/c1-11(2)4-3-7(6-11)8-5-9(10(14)15)13-12-8/h5,7H,3-4,6H2,1-2H3,(H,12,13)(H,14,15). The van der Waals surface area contributed by atoms with Crippen LogP contribution < -0.4 is 0 Å². The van der Waals surface area contributed by atoms with Crippen LogP contribution in [0.4, 0.5) is 0 Å². The molecule has 0 aromatic carbocycles. The average Bonchev–Trinajstić information content (AvgIpc) is 2.70. The fourth-order valence-electron chi connectivity index (χ4n) is 2.36. The van der Waals surface area contributed by atoms with Crippen molar-refractivity contribution < 1.29 is 9.90 Å². The normalized spacial score (nSPS) is 24.3. The molecule has 1 unspecified atom stereocenters. The van der Waals surface area contributed by atoms with E-state index in [1.807, 2.05) is 0 Å². The van der Waals surface area contributed by atoms with Crippen molar-refractivity contribution in [1.82, 2.24) is 10.2 Å². The monoisotopic (exact) mass is 208 g/mol. The highest BCUT2D eigenvalue weighted by molar-refractivity contribution is 5.85. The van der Waals surface area contributed by atoms with E-state index in [1.54, 1.807) is 6.07 Å². The first-order valence-electron chi connectivity index (χ1n) is 5.26. The summed E-state index contributed by atoms with van der Waals surface area (Å²) in [5.74, 6) is -0.518. The minimum Gasteiger partial charge on any atom is -0.476 e. The zero-order chi connectivity index (χ0) is 11.1. The molecule has 0 spiro atoms. The molecule has 4 heteroatoms. The van der Waals surface area contributed by atoms with Gasteiger partial charge < -0.3 is 5.11 Å². The lowest BCUT2D eigenvalue weighted by atomic mass is 9.90. The maximum absolute atomic E-state index is 10.7. The van der Waals surface area contributed by atoms with Gasteiger partial charge in [-0.05, 0) is 30.7 Å². The van der Waals surface area contributed by atoms with E-state index in [0.717, 1.165) is 18.5 Å². The topological polar surface area (TPSA) is 66.0 Å². The Labute approximate surface area is 88.7 Å². The first-order valence-corrected chi connectivity index (χ1v) is 5.26. The van der Waals surface area contributed by atoms with E-state index in [2.05, 4.69) is 24.0 Å². The smallest absolute Gasteiger partial charge is 0.356 e. The van der Waals surface area contributed by atoms with Gasteiger partial charge in [0.15, 0.2) is 5.69 Å². The fraction of sp³-hybridized carbons (Fsp3) is 0.636. The molecule has 0 radical (unpaired) electrons. The van der Waals surface area contributed by atoms with Crippen molar-refractivity contribution in [3.05, 3.63) is 17.5 Å². The van der Waals surface area contributed by atoms with E-state index < -0.39 is 5.97 Å². The number of aromatic amines is 1. The predicted octanol–water partition coefficient (Wildman–Crippen LogP) is 2.40. The van der Waals surface area contributed by atoms with Gasteiger partial charge in [0.2, 0.25) is 0 Å². The van der Waals surface area contributed by atoms with Crippen LogP contribution in [0.15, 0.2) is 6.07 Å². The largest absolute Gasteiger partial charge is 0.476 e. The zero-order valence-corrected chi connectivity index (χ0v) is 9.08. The lowest BCUT2D eigenvalue weighted by molar-refractivity contribution is 0.0690. The van der Waals surface area contributed by atoms with Gasteiger partial charge in [-0.15, -0.1) is 0 Å². The molecule has 1 aliphatic carbocycles. The van der Waals surface area contributed by atoms with Gasteiger partial charge in [-0.2, -0.15) is 5.10 Å². The number of aromatic nitrogens is 2. The first-order chi connectivity index (χ1) is 6.98. The third kappa shape index (κ3) is 2.03. The summed E-state index contributed by atoms with van der Waals surface area (Å²) in [6, 6.07) is 1.66. The molecule has 0 bridgehead atoms. The number of carboxylic acid groups (broad SMARTS) is 1. The summed E-state index contributed by atoms with van der Waals surface area (Å²) in [4.78, 5) is 10.7. The quantitative estimate of drug-likeness (QED) is 0.784. The summed E-state index contributed by atoms with van der Waals surface area (Å²) in [6.07, 6.45) is 3.42. The van der Waals surface area contributed by atoms with Crippen molar-refractivity contribution in [1.29, 1.82) is 0 Å². The second-order valence-corrected chi connectivity index (χ2v) is 5.12. The SMILES string of the molecule is CC1(C)CCC(c2cc(C(=O)O)n[nH]2)C1. The highest BCUT2D eigenvalue weighted by atomic mass is 16.4. The van der Waals surface area contributed by atoms with Crippen LogP contribution in [0.2, 0.25) is 0 Å². The zero-order valence-electron chi connectivity index (χ0n) is 9.08. The van der Waals surface area contributed by atoms with E-state index in [-0.39, 0.29) is 5.69 Å². The summed E-state index contributed by atoms with van der Waals surface area (Å²) in [6.45, 7) is 4.50. The van der Waals surface area contributed by atoms with Crippen molar-refractivity contribution in [3.8, 4) is 0 Å². The average molecular weight is 208 g/mol. The summed E-state index contributed by atoms with van der Waals surface area (Å²) in [7, 11) is 0. The maximum Gasteiger partial charge on any atom is 0.356 e. The molecule has 0 aliphatic heterocycles. The summed E-state index contributed by atoms with van der Waals surface area (Å²) in [5.41, 5.74) is 1.46. The van der Waals surface area contributed by atoms with E-state index >= 15 is 0 Å². The third-order valence-corrected chi connectivity index (χ3v) is 3.23. The van der Waals surface area contributed by atoms with Gasteiger partial charge in [0.05, 0.1) is 0 Å². The number of rotatable bonds is 2. The predicted molar refractivity (Wildman–Crippen MR) is 55.9 cm³/mol. The van der Waals surface area contributed by atoms with Crippen LogP contribution in [0.5, 0.6) is 0 Å². The molecule has 2 N–H and O–H groups in total. The Morgan fingerprint density at radius 1 is 1.67 bits per heavy atom. The number of nitrogens with one attached hydrogen (secondary N) is 1. The Kier molecular flexibility index (Phi) is 2.29. The fourth-order valence-corrected chi connectivity index (χ4v) is 2.36. The number of H-pyrrole nitrogens is 1. The molecule has 1 saturated carbocycles. The molecule has 0 amide bonds. The molecular formula is C11H16N2O2. The van der Waals surface area contributed by atoms with Crippen LogP contribution in [-0.4, -0.2) is 21.3 Å². The first kappa shape index (κ1) is 10.2. The number of aromatic carboxylic acids is 1. The second kappa shape index (κ2) is 3.36. The van der Waals surface area contributed by atoms with Crippen molar-refractivity contribution in [2.24, 2.45) is 5.41 Å². The molecule has 1 fully saturated rings. The lowest BCUT2D eigenvalue weighted by Crippen LogP contribution is -2.04. The summed E-state index contributed by atoms with van der Waals surface area (Å²) in [5, 5.41) is 15.4. The van der Waals surface area contributed by atoms with Crippen LogP contribution in [0, 0.1) is 5.41 Å².